The van der Waals surface area contributed by atoms with E-state index in [1.165, 1.54) is 13.8 Å². The highest BCUT2D eigenvalue weighted by Gasteiger charge is 2.07. The minimum atomic E-state index is -1.34. The van der Waals surface area contributed by atoms with Crippen LogP contribution >= 0.6 is 15.9 Å². The summed E-state index contributed by atoms with van der Waals surface area (Å²) >= 11 is 2.94. The Balaban J connectivity index is -0.000000125. The molecule has 0 bridgehead atoms. The van der Waals surface area contributed by atoms with E-state index in [1.807, 2.05) is 71.0 Å². The number of halogens is 1. The van der Waals surface area contributed by atoms with E-state index in [1.54, 1.807) is 31.2 Å². The van der Waals surface area contributed by atoms with E-state index >= 15 is 0 Å². The van der Waals surface area contributed by atoms with Gasteiger partial charge in [-0.05, 0) is 38.7 Å². The summed E-state index contributed by atoms with van der Waals surface area (Å²) in [7, 11) is -1.34. The lowest BCUT2D eigenvalue weighted by molar-refractivity contribution is -0.142. The van der Waals surface area contributed by atoms with Gasteiger partial charge in [0.05, 0.1) is 19.6 Å². The molecule has 0 aliphatic heterocycles. The number of aldehydes is 2. The van der Waals surface area contributed by atoms with Gasteiger partial charge in [0, 0.05) is 0 Å². The van der Waals surface area contributed by atoms with Crippen molar-refractivity contribution >= 4 is 53.0 Å². The largest absolute Gasteiger partial charge is 0.488 e. The SMILES string of the molecule is CC.CC.CC=O.CC=O.CCOC(=O)CBr.CCOC(=O)Cc1ccccc1.OB(O)c1ccccc1. The highest BCUT2D eigenvalue weighted by molar-refractivity contribution is 9.09. The van der Waals surface area contributed by atoms with Crippen molar-refractivity contribution in [3.8, 4) is 0 Å². The van der Waals surface area contributed by atoms with Crippen LogP contribution in [0.2, 0.25) is 0 Å². The number of esters is 2. The van der Waals surface area contributed by atoms with Crippen molar-refractivity contribution in [1.29, 1.82) is 0 Å². The topological polar surface area (TPSA) is 127 Å². The minimum Gasteiger partial charge on any atom is -0.466 e. The van der Waals surface area contributed by atoms with Crippen LogP contribution in [0.4, 0.5) is 0 Å². The molecule has 2 aromatic carbocycles. The normalized spacial score (nSPS) is 7.66. The Kier molecular flexibility index (Phi) is 49.1. The zero-order valence-corrected chi connectivity index (χ0v) is 25.6. The first-order chi connectivity index (χ1) is 18.3. The fourth-order valence-corrected chi connectivity index (χ4v) is 1.96. The molecule has 2 N–H and O–H groups in total. The average Bonchev–Trinajstić information content (AvgIpc) is 2.94. The third-order valence-electron chi connectivity index (χ3n) is 3.01. The van der Waals surface area contributed by atoms with Crippen molar-refractivity contribution < 1.29 is 38.7 Å². The fourth-order valence-electron chi connectivity index (χ4n) is 1.80. The van der Waals surface area contributed by atoms with Crippen molar-refractivity contribution in [2.45, 2.75) is 61.8 Å². The Morgan fingerprint density at radius 2 is 1.11 bits per heavy atom. The Bertz CT molecular complexity index is 739. The molecule has 0 heterocycles. The summed E-state index contributed by atoms with van der Waals surface area (Å²) in [5.74, 6) is -0.369. The van der Waals surface area contributed by atoms with E-state index in [2.05, 4.69) is 20.7 Å². The van der Waals surface area contributed by atoms with Gasteiger partial charge in [0.25, 0.3) is 0 Å². The van der Waals surface area contributed by atoms with Crippen LogP contribution in [0, 0.1) is 0 Å². The first-order valence-corrected chi connectivity index (χ1v) is 13.5. The van der Waals surface area contributed by atoms with Crippen LogP contribution in [0.1, 0.15) is 61.0 Å². The summed E-state index contributed by atoms with van der Waals surface area (Å²) < 4.78 is 9.31. The number of alkyl halides is 1. The number of hydrogen-bond acceptors (Lipinski definition) is 8. The summed E-state index contributed by atoms with van der Waals surface area (Å²) in [4.78, 5) is 38.7. The lowest BCUT2D eigenvalue weighted by atomic mass is 9.81. The predicted molar refractivity (Wildman–Crippen MR) is 160 cm³/mol. The predicted octanol–water partition coefficient (Wildman–Crippen LogP) is 4.57. The standard InChI is InChI=1S/C10H12O2.C6H7BO2.C4H7BrO2.2C2H4O.2C2H6/c1-2-12-10(11)8-9-6-4-3-5-7-9;8-7(9)6-4-2-1-3-5-6;1-2-7-4(6)3-5;2*1-2-3;2*1-2/h3-7H,2,8H2,1H3;1-5,8-9H;2-3H2,1H3;2*2H,1H3;2*1-2H3. The molecule has 0 saturated carbocycles. The number of carbonyl (C=O) groups is 4. The molecule has 0 unspecified atom stereocenters. The molecule has 2 rings (SSSR count). The monoisotopic (exact) mass is 600 g/mol. The Morgan fingerprint density at radius 3 is 1.37 bits per heavy atom. The average molecular weight is 601 g/mol. The van der Waals surface area contributed by atoms with Crippen LogP contribution in [-0.4, -0.2) is 60.2 Å². The highest BCUT2D eigenvalue weighted by atomic mass is 79.9. The zero-order valence-electron chi connectivity index (χ0n) is 24.1. The summed E-state index contributed by atoms with van der Waals surface area (Å²) in [6.07, 6.45) is 1.87. The van der Waals surface area contributed by atoms with Crippen molar-refractivity contribution in [2.75, 3.05) is 18.5 Å². The molecule has 2 aromatic rings. The second-order valence-corrected chi connectivity index (χ2v) is 6.22. The number of hydrogen-bond donors (Lipinski definition) is 2. The van der Waals surface area contributed by atoms with E-state index in [0.29, 0.717) is 30.4 Å². The summed E-state index contributed by atoms with van der Waals surface area (Å²) in [5, 5.41) is 17.5. The van der Waals surface area contributed by atoms with Crippen LogP contribution in [-0.2, 0) is 35.1 Å². The quantitative estimate of drug-likeness (QED) is 0.214. The maximum absolute atomic E-state index is 11.0. The van der Waals surface area contributed by atoms with Crippen LogP contribution in [0.25, 0.3) is 0 Å². The van der Waals surface area contributed by atoms with Gasteiger partial charge in [-0.25, -0.2) is 0 Å². The minimum absolute atomic E-state index is 0.163. The Hall–Kier alpha value is -2.82. The molecule has 0 amide bonds. The van der Waals surface area contributed by atoms with Gasteiger partial charge in [0.1, 0.15) is 17.9 Å². The van der Waals surface area contributed by atoms with Gasteiger partial charge in [0.2, 0.25) is 0 Å². The van der Waals surface area contributed by atoms with Crippen LogP contribution in [0.15, 0.2) is 60.7 Å². The van der Waals surface area contributed by atoms with Gasteiger partial charge in [-0.2, -0.15) is 0 Å². The summed E-state index contributed by atoms with van der Waals surface area (Å²) in [5.41, 5.74) is 1.52. The molecule has 38 heavy (non-hydrogen) atoms. The number of rotatable bonds is 6. The lowest BCUT2D eigenvalue weighted by Gasteiger charge is -2.00. The molecule has 10 heteroatoms. The smallest absolute Gasteiger partial charge is 0.466 e. The molecule has 8 nitrogen and oxygen atoms in total. The molecule has 0 atom stereocenters. The van der Waals surface area contributed by atoms with Gasteiger partial charge in [-0.3, -0.25) is 9.59 Å². The van der Waals surface area contributed by atoms with Gasteiger partial charge in [0.15, 0.2) is 0 Å². The van der Waals surface area contributed by atoms with E-state index < -0.39 is 7.12 Å². The number of benzene rings is 2. The van der Waals surface area contributed by atoms with E-state index in [4.69, 9.17) is 24.4 Å². The van der Waals surface area contributed by atoms with E-state index in [-0.39, 0.29) is 11.9 Å². The molecule has 0 spiro atoms. The molecule has 0 radical (unpaired) electrons. The van der Waals surface area contributed by atoms with Gasteiger partial charge in [-0.15, -0.1) is 0 Å². The molecule has 216 valence electrons. The van der Waals surface area contributed by atoms with Crippen LogP contribution in [0.5, 0.6) is 0 Å². The first-order valence-electron chi connectivity index (χ1n) is 12.4. The van der Waals surface area contributed by atoms with Crippen molar-refractivity contribution in [3.63, 3.8) is 0 Å². The molecule has 0 aliphatic rings. The second kappa shape index (κ2) is 41.3. The van der Waals surface area contributed by atoms with Gasteiger partial charge >= 0.3 is 19.1 Å². The fraction of sp³-hybridized carbons (Fsp3) is 0.429. The van der Waals surface area contributed by atoms with Crippen LogP contribution in [0.3, 0.4) is 0 Å². The summed E-state index contributed by atoms with van der Waals surface area (Å²) in [6, 6.07) is 18.2. The Labute approximate surface area is 238 Å². The van der Waals surface area contributed by atoms with Crippen molar-refractivity contribution in [2.24, 2.45) is 0 Å². The van der Waals surface area contributed by atoms with Crippen LogP contribution < -0.4 is 5.46 Å². The third kappa shape index (κ3) is 40.4. The first kappa shape index (κ1) is 45.1. The number of ether oxygens (including phenoxy) is 2. The lowest BCUT2D eigenvalue weighted by Crippen LogP contribution is -2.29. The molecule has 0 aliphatic carbocycles. The van der Waals surface area contributed by atoms with Crippen molar-refractivity contribution in [1.82, 2.24) is 0 Å². The molecule has 0 aromatic heterocycles. The highest BCUT2D eigenvalue weighted by Crippen LogP contribution is 2.00. The maximum atomic E-state index is 11.0. The van der Waals surface area contributed by atoms with Gasteiger partial charge < -0.3 is 29.1 Å². The van der Waals surface area contributed by atoms with E-state index in [0.717, 1.165) is 18.1 Å². The maximum Gasteiger partial charge on any atom is 0.488 e. The Morgan fingerprint density at radius 1 is 0.763 bits per heavy atom. The zero-order chi connectivity index (χ0) is 30.6. The van der Waals surface area contributed by atoms with Crippen molar-refractivity contribution in [3.05, 3.63) is 66.2 Å². The van der Waals surface area contributed by atoms with Gasteiger partial charge in [-0.1, -0.05) is 104 Å². The molecular weight excluding hydrogens is 555 g/mol. The summed E-state index contributed by atoms with van der Waals surface area (Å²) in [6.45, 7) is 15.4. The van der Waals surface area contributed by atoms with E-state index in [9.17, 15) is 9.59 Å². The molecule has 0 fully saturated rings. The second-order valence-electron chi connectivity index (χ2n) is 5.66. The molecular formula is C28H46BBrO8. The third-order valence-corrected chi connectivity index (χ3v) is 3.47. The number of carbonyl (C=O) groups excluding carboxylic acids is 4. The molecule has 0 saturated heterocycles.